The molecule has 0 amide bonds. The molecule has 0 radical (unpaired) electrons. The standard InChI is InChI=1S/C14H15NOS/c15-13-5-1-3-11(9-13)4-2-6-14(16)12-7-8-17-10-12/h1,3,5,7-10H,2,4,6,15H2. The van der Waals surface area contributed by atoms with Crippen molar-refractivity contribution in [3.05, 3.63) is 52.2 Å². The molecule has 1 heterocycles. The Labute approximate surface area is 105 Å². The molecule has 0 atom stereocenters. The van der Waals surface area contributed by atoms with E-state index in [1.165, 1.54) is 5.56 Å². The van der Waals surface area contributed by atoms with Crippen LogP contribution in [0.15, 0.2) is 41.1 Å². The summed E-state index contributed by atoms with van der Waals surface area (Å²) in [4.78, 5) is 11.7. The molecule has 0 saturated carbocycles. The average molecular weight is 245 g/mol. The SMILES string of the molecule is Nc1cccc(CCCC(=O)c2ccsc2)c1. The third-order valence-electron chi connectivity index (χ3n) is 2.66. The highest BCUT2D eigenvalue weighted by atomic mass is 32.1. The highest BCUT2D eigenvalue weighted by Crippen LogP contribution is 2.13. The molecule has 2 N–H and O–H groups in total. The summed E-state index contributed by atoms with van der Waals surface area (Å²) in [6.45, 7) is 0. The van der Waals surface area contributed by atoms with Gasteiger partial charge in [-0.15, -0.1) is 0 Å². The number of hydrogen-bond acceptors (Lipinski definition) is 3. The number of carbonyl (C=O) groups is 1. The van der Waals surface area contributed by atoms with Gasteiger partial charge in [-0.25, -0.2) is 0 Å². The van der Waals surface area contributed by atoms with E-state index in [0.717, 1.165) is 24.1 Å². The summed E-state index contributed by atoms with van der Waals surface area (Å²) in [6.07, 6.45) is 2.38. The first kappa shape index (κ1) is 11.9. The molecule has 0 bridgehead atoms. The number of aryl methyl sites for hydroxylation is 1. The van der Waals surface area contributed by atoms with Gasteiger partial charge in [-0.3, -0.25) is 4.79 Å². The van der Waals surface area contributed by atoms with Crippen LogP contribution in [0.5, 0.6) is 0 Å². The average Bonchev–Trinajstić information content (AvgIpc) is 2.82. The van der Waals surface area contributed by atoms with Gasteiger partial charge in [0.1, 0.15) is 0 Å². The summed E-state index contributed by atoms with van der Waals surface area (Å²) in [5, 5.41) is 3.84. The minimum atomic E-state index is 0.232. The summed E-state index contributed by atoms with van der Waals surface area (Å²) in [7, 11) is 0. The second kappa shape index (κ2) is 5.64. The monoisotopic (exact) mass is 245 g/mol. The summed E-state index contributed by atoms with van der Waals surface area (Å²) in [5.41, 5.74) is 8.52. The Morgan fingerprint density at radius 3 is 2.88 bits per heavy atom. The lowest BCUT2D eigenvalue weighted by molar-refractivity contribution is 0.0980. The summed E-state index contributed by atoms with van der Waals surface area (Å²) in [6, 6.07) is 9.72. The van der Waals surface area contributed by atoms with Crippen molar-refractivity contribution in [1.82, 2.24) is 0 Å². The van der Waals surface area contributed by atoms with Crippen molar-refractivity contribution in [1.29, 1.82) is 0 Å². The van der Waals surface area contributed by atoms with Crippen molar-refractivity contribution in [2.45, 2.75) is 19.3 Å². The number of nitrogen functional groups attached to an aromatic ring is 1. The number of rotatable bonds is 5. The molecule has 0 aliphatic carbocycles. The van der Waals surface area contributed by atoms with Crippen molar-refractivity contribution in [2.24, 2.45) is 0 Å². The van der Waals surface area contributed by atoms with E-state index < -0.39 is 0 Å². The maximum atomic E-state index is 11.7. The van der Waals surface area contributed by atoms with E-state index in [1.807, 2.05) is 41.1 Å². The molecule has 1 aromatic carbocycles. The van der Waals surface area contributed by atoms with Crippen LogP contribution in [0.3, 0.4) is 0 Å². The second-order valence-electron chi connectivity index (χ2n) is 4.03. The molecule has 2 aromatic rings. The van der Waals surface area contributed by atoms with Gasteiger partial charge in [0.15, 0.2) is 5.78 Å². The lowest BCUT2D eigenvalue weighted by Gasteiger charge is -2.02. The molecule has 0 aliphatic heterocycles. The van der Waals surface area contributed by atoms with Crippen LogP contribution in [-0.4, -0.2) is 5.78 Å². The van der Waals surface area contributed by atoms with Crippen LogP contribution >= 0.6 is 11.3 Å². The molecule has 17 heavy (non-hydrogen) atoms. The molecule has 3 heteroatoms. The first-order valence-electron chi connectivity index (χ1n) is 5.65. The number of ketones is 1. The van der Waals surface area contributed by atoms with E-state index >= 15 is 0 Å². The molecular weight excluding hydrogens is 230 g/mol. The molecule has 0 aliphatic rings. The topological polar surface area (TPSA) is 43.1 Å². The van der Waals surface area contributed by atoms with Gasteiger partial charge in [-0.2, -0.15) is 11.3 Å². The highest BCUT2D eigenvalue weighted by molar-refractivity contribution is 7.08. The Bertz CT molecular complexity index is 491. The molecular formula is C14H15NOS. The lowest BCUT2D eigenvalue weighted by atomic mass is 10.0. The fourth-order valence-electron chi connectivity index (χ4n) is 1.77. The fourth-order valence-corrected chi connectivity index (χ4v) is 2.43. The minimum Gasteiger partial charge on any atom is -0.399 e. The number of hydrogen-bond donors (Lipinski definition) is 1. The van der Waals surface area contributed by atoms with E-state index in [9.17, 15) is 4.79 Å². The van der Waals surface area contributed by atoms with Crippen LogP contribution in [0.2, 0.25) is 0 Å². The van der Waals surface area contributed by atoms with E-state index in [2.05, 4.69) is 0 Å². The Morgan fingerprint density at radius 2 is 2.18 bits per heavy atom. The van der Waals surface area contributed by atoms with Gasteiger partial charge in [0.2, 0.25) is 0 Å². The summed E-state index contributed by atoms with van der Waals surface area (Å²) < 4.78 is 0. The minimum absolute atomic E-state index is 0.232. The zero-order chi connectivity index (χ0) is 12.1. The number of thiophene rings is 1. The smallest absolute Gasteiger partial charge is 0.163 e. The molecule has 2 rings (SSSR count). The second-order valence-corrected chi connectivity index (χ2v) is 4.81. The maximum absolute atomic E-state index is 11.7. The normalized spacial score (nSPS) is 10.4. The Kier molecular flexibility index (Phi) is 3.94. The Hall–Kier alpha value is -1.61. The highest BCUT2D eigenvalue weighted by Gasteiger charge is 2.05. The Balaban J connectivity index is 1.82. The van der Waals surface area contributed by atoms with Crippen LogP contribution in [-0.2, 0) is 6.42 Å². The van der Waals surface area contributed by atoms with E-state index in [4.69, 9.17) is 5.73 Å². The largest absolute Gasteiger partial charge is 0.399 e. The van der Waals surface area contributed by atoms with Crippen molar-refractivity contribution in [3.8, 4) is 0 Å². The van der Waals surface area contributed by atoms with Crippen LogP contribution in [0.4, 0.5) is 5.69 Å². The van der Waals surface area contributed by atoms with E-state index in [-0.39, 0.29) is 5.78 Å². The maximum Gasteiger partial charge on any atom is 0.163 e. The van der Waals surface area contributed by atoms with Gasteiger partial charge >= 0.3 is 0 Å². The quantitative estimate of drug-likeness (QED) is 0.646. The van der Waals surface area contributed by atoms with Gasteiger partial charge in [0.05, 0.1) is 0 Å². The summed E-state index contributed by atoms with van der Waals surface area (Å²) >= 11 is 1.56. The van der Waals surface area contributed by atoms with Crippen molar-refractivity contribution < 1.29 is 4.79 Å². The number of Topliss-reactive ketones (excluding diaryl/α,β-unsaturated/α-hetero) is 1. The predicted molar refractivity (Wildman–Crippen MR) is 72.4 cm³/mol. The molecule has 0 saturated heterocycles. The van der Waals surface area contributed by atoms with Gasteiger partial charge < -0.3 is 5.73 Å². The van der Waals surface area contributed by atoms with Gasteiger partial charge in [0.25, 0.3) is 0 Å². The summed E-state index contributed by atoms with van der Waals surface area (Å²) in [5.74, 6) is 0.232. The number of carbonyl (C=O) groups excluding carboxylic acids is 1. The molecule has 2 nitrogen and oxygen atoms in total. The number of anilines is 1. The van der Waals surface area contributed by atoms with Crippen LogP contribution in [0.1, 0.15) is 28.8 Å². The fraction of sp³-hybridized carbons (Fsp3) is 0.214. The van der Waals surface area contributed by atoms with Crippen LogP contribution < -0.4 is 5.73 Å². The van der Waals surface area contributed by atoms with Gasteiger partial charge in [-0.05, 0) is 42.0 Å². The molecule has 0 fully saturated rings. The van der Waals surface area contributed by atoms with Crippen LogP contribution in [0, 0.1) is 0 Å². The molecule has 0 spiro atoms. The predicted octanol–water partition coefficient (Wildman–Crippen LogP) is 3.54. The third-order valence-corrected chi connectivity index (χ3v) is 3.35. The van der Waals surface area contributed by atoms with Gasteiger partial charge in [-0.1, -0.05) is 12.1 Å². The van der Waals surface area contributed by atoms with E-state index in [0.29, 0.717) is 6.42 Å². The Morgan fingerprint density at radius 1 is 1.29 bits per heavy atom. The van der Waals surface area contributed by atoms with Crippen molar-refractivity contribution in [3.63, 3.8) is 0 Å². The number of benzene rings is 1. The van der Waals surface area contributed by atoms with Crippen molar-refractivity contribution >= 4 is 22.8 Å². The van der Waals surface area contributed by atoms with Gasteiger partial charge in [0, 0.05) is 23.1 Å². The molecule has 0 unspecified atom stereocenters. The molecule has 1 aromatic heterocycles. The zero-order valence-electron chi connectivity index (χ0n) is 9.56. The van der Waals surface area contributed by atoms with E-state index in [1.54, 1.807) is 11.3 Å². The first-order valence-corrected chi connectivity index (χ1v) is 6.60. The van der Waals surface area contributed by atoms with Crippen molar-refractivity contribution in [2.75, 3.05) is 5.73 Å². The number of nitrogens with two attached hydrogens (primary N) is 1. The zero-order valence-corrected chi connectivity index (χ0v) is 10.4. The van der Waals surface area contributed by atoms with Crippen LogP contribution in [0.25, 0.3) is 0 Å². The first-order chi connectivity index (χ1) is 8.25. The third kappa shape index (κ3) is 3.43. The molecule has 88 valence electrons. The lowest BCUT2D eigenvalue weighted by Crippen LogP contribution is -1.98.